The van der Waals surface area contributed by atoms with Crippen LogP contribution in [0.3, 0.4) is 0 Å². The number of alkyl carbamates (subject to hydrolysis) is 1. The fourth-order valence-electron chi connectivity index (χ4n) is 2.05. The molecule has 1 heterocycles. The Balaban J connectivity index is 2.12. The van der Waals surface area contributed by atoms with Gasteiger partial charge in [0.15, 0.2) is 0 Å². The lowest BCUT2D eigenvalue weighted by molar-refractivity contribution is -0.109. The average molecular weight is 332 g/mol. The van der Waals surface area contributed by atoms with Gasteiger partial charge in [0.05, 0.1) is 16.1 Å². The van der Waals surface area contributed by atoms with Gasteiger partial charge in [-0.05, 0) is 38.8 Å². The largest absolute Gasteiger partial charge is 0.444 e. The molecule has 1 amide bonds. The summed E-state index contributed by atoms with van der Waals surface area (Å²) in [4.78, 5) is 28.4. The molecule has 0 aliphatic carbocycles. The van der Waals surface area contributed by atoms with Crippen LogP contribution >= 0.6 is 11.3 Å². The minimum atomic E-state index is -0.735. The third kappa shape index (κ3) is 4.63. The monoisotopic (exact) mass is 332 g/mol. The second kappa shape index (κ2) is 6.91. The normalized spacial score (nSPS) is 12.5. The second-order valence-corrected chi connectivity index (χ2v) is 7.00. The number of aryl methyl sites for hydroxylation is 1. The van der Waals surface area contributed by atoms with Crippen LogP contribution in [0.4, 0.5) is 4.79 Å². The molecule has 122 valence electrons. The quantitative estimate of drug-likeness (QED) is 0.863. The van der Waals surface area contributed by atoms with Gasteiger partial charge in [-0.2, -0.15) is 0 Å². The summed E-state index contributed by atoms with van der Waals surface area (Å²) >= 11 is 1.57. The first-order chi connectivity index (χ1) is 10.8. The number of hydrogen-bond acceptors (Lipinski definition) is 5. The van der Waals surface area contributed by atoms with Crippen molar-refractivity contribution in [2.75, 3.05) is 0 Å². The van der Waals surface area contributed by atoms with Crippen molar-refractivity contribution in [3.8, 4) is 10.4 Å². The smallest absolute Gasteiger partial charge is 0.408 e. The van der Waals surface area contributed by atoms with E-state index in [2.05, 4.69) is 10.3 Å². The fraction of sp³-hybridized carbons (Fsp3) is 0.353. The van der Waals surface area contributed by atoms with Crippen molar-refractivity contribution in [3.05, 3.63) is 41.0 Å². The van der Waals surface area contributed by atoms with Crippen LogP contribution in [0.15, 0.2) is 29.8 Å². The molecule has 2 aromatic rings. The SMILES string of the molecule is Cc1ncsc1-c1ccc([C@H](C=O)NC(=O)OC(C)(C)C)cc1. The molecular formula is C17H20N2O3S. The van der Waals surface area contributed by atoms with Gasteiger partial charge in [-0.25, -0.2) is 9.78 Å². The van der Waals surface area contributed by atoms with Crippen molar-refractivity contribution < 1.29 is 14.3 Å². The van der Waals surface area contributed by atoms with Gasteiger partial charge in [0.2, 0.25) is 0 Å². The zero-order valence-corrected chi connectivity index (χ0v) is 14.4. The highest BCUT2D eigenvalue weighted by Crippen LogP contribution is 2.28. The van der Waals surface area contributed by atoms with Gasteiger partial charge in [0.1, 0.15) is 17.9 Å². The van der Waals surface area contributed by atoms with E-state index in [0.717, 1.165) is 16.1 Å². The van der Waals surface area contributed by atoms with Crippen LogP contribution in [-0.4, -0.2) is 23.0 Å². The molecular weight excluding hydrogens is 312 g/mol. The first kappa shape index (κ1) is 17.1. The number of amides is 1. The third-order valence-electron chi connectivity index (χ3n) is 3.09. The van der Waals surface area contributed by atoms with E-state index in [1.807, 2.05) is 31.2 Å². The summed E-state index contributed by atoms with van der Waals surface area (Å²) in [6.45, 7) is 7.27. The second-order valence-electron chi connectivity index (χ2n) is 6.15. The number of aromatic nitrogens is 1. The van der Waals surface area contributed by atoms with E-state index in [1.165, 1.54) is 0 Å². The molecule has 0 spiro atoms. The summed E-state index contributed by atoms with van der Waals surface area (Å²) in [5, 5.41) is 2.57. The molecule has 5 nitrogen and oxygen atoms in total. The van der Waals surface area contributed by atoms with E-state index < -0.39 is 17.7 Å². The molecule has 0 radical (unpaired) electrons. The zero-order chi connectivity index (χ0) is 17.0. The Morgan fingerprint density at radius 3 is 2.43 bits per heavy atom. The van der Waals surface area contributed by atoms with Gasteiger partial charge < -0.3 is 14.8 Å². The molecule has 0 unspecified atom stereocenters. The van der Waals surface area contributed by atoms with Crippen LogP contribution < -0.4 is 5.32 Å². The molecule has 0 saturated heterocycles. The van der Waals surface area contributed by atoms with Crippen LogP contribution in [0.2, 0.25) is 0 Å². The van der Waals surface area contributed by atoms with E-state index in [0.29, 0.717) is 11.8 Å². The molecule has 0 aliphatic rings. The number of nitrogens with one attached hydrogen (secondary N) is 1. The van der Waals surface area contributed by atoms with E-state index in [4.69, 9.17) is 4.74 Å². The molecule has 1 aromatic heterocycles. The first-order valence-electron chi connectivity index (χ1n) is 7.25. The number of ether oxygens (including phenoxy) is 1. The fourth-order valence-corrected chi connectivity index (χ4v) is 2.86. The maximum atomic E-state index is 11.8. The van der Waals surface area contributed by atoms with Crippen molar-refractivity contribution >= 4 is 23.7 Å². The van der Waals surface area contributed by atoms with E-state index in [-0.39, 0.29) is 0 Å². The Bertz CT molecular complexity index is 687. The Morgan fingerprint density at radius 2 is 1.96 bits per heavy atom. The third-order valence-corrected chi connectivity index (χ3v) is 4.06. The number of hydrogen-bond donors (Lipinski definition) is 1. The van der Waals surface area contributed by atoms with Gasteiger partial charge in [0.25, 0.3) is 0 Å². The summed E-state index contributed by atoms with van der Waals surface area (Å²) in [5.41, 5.74) is 3.91. The molecule has 23 heavy (non-hydrogen) atoms. The summed E-state index contributed by atoms with van der Waals surface area (Å²) < 4.78 is 5.17. The van der Waals surface area contributed by atoms with Gasteiger partial charge >= 0.3 is 6.09 Å². The lowest BCUT2D eigenvalue weighted by Crippen LogP contribution is -2.35. The summed E-state index contributed by atoms with van der Waals surface area (Å²) in [6.07, 6.45) is 0.0774. The molecule has 0 fully saturated rings. The topological polar surface area (TPSA) is 68.3 Å². The number of rotatable bonds is 4. The van der Waals surface area contributed by atoms with Gasteiger partial charge in [-0.1, -0.05) is 24.3 Å². The maximum Gasteiger partial charge on any atom is 0.408 e. The molecule has 6 heteroatoms. The highest BCUT2D eigenvalue weighted by Gasteiger charge is 2.20. The Hall–Kier alpha value is -2.21. The lowest BCUT2D eigenvalue weighted by atomic mass is 10.0. The van der Waals surface area contributed by atoms with Crippen molar-refractivity contribution in [1.29, 1.82) is 0 Å². The van der Waals surface area contributed by atoms with Crippen LogP contribution in [0, 0.1) is 6.92 Å². The molecule has 1 N–H and O–H groups in total. The highest BCUT2D eigenvalue weighted by atomic mass is 32.1. The number of carbonyl (C=O) groups is 2. The Morgan fingerprint density at radius 1 is 1.30 bits per heavy atom. The number of thiazole rings is 1. The number of carbonyl (C=O) groups excluding carboxylic acids is 2. The van der Waals surface area contributed by atoms with Crippen LogP contribution in [0.1, 0.15) is 38.1 Å². The molecule has 0 aliphatic heterocycles. The number of aldehydes is 1. The van der Waals surface area contributed by atoms with Crippen LogP contribution in [0.5, 0.6) is 0 Å². The molecule has 0 bridgehead atoms. The highest BCUT2D eigenvalue weighted by molar-refractivity contribution is 7.13. The Kier molecular flexibility index (Phi) is 5.15. The van der Waals surface area contributed by atoms with E-state index in [1.54, 1.807) is 37.6 Å². The minimum absolute atomic E-state index is 0.606. The zero-order valence-electron chi connectivity index (χ0n) is 13.6. The molecule has 1 aromatic carbocycles. The van der Waals surface area contributed by atoms with Gasteiger partial charge in [-0.15, -0.1) is 11.3 Å². The van der Waals surface area contributed by atoms with E-state index >= 15 is 0 Å². The average Bonchev–Trinajstić information content (AvgIpc) is 2.89. The van der Waals surface area contributed by atoms with Crippen LogP contribution in [-0.2, 0) is 9.53 Å². The van der Waals surface area contributed by atoms with Crippen molar-refractivity contribution in [1.82, 2.24) is 10.3 Å². The minimum Gasteiger partial charge on any atom is -0.444 e. The molecule has 0 saturated carbocycles. The number of nitrogens with zero attached hydrogens (tertiary/aromatic N) is 1. The van der Waals surface area contributed by atoms with Gasteiger partial charge in [-0.3, -0.25) is 0 Å². The van der Waals surface area contributed by atoms with Gasteiger partial charge in [0, 0.05) is 0 Å². The molecule has 2 rings (SSSR count). The van der Waals surface area contributed by atoms with Crippen LogP contribution in [0.25, 0.3) is 10.4 Å². The number of benzene rings is 1. The summed E-state index contributed by atoms with van der Waals surface area (Å²) in [5.74, 6) is 0. The predicted octanol–water partition coefficient (Wildman–Crippen LogP) is 3.88. The van der Waals surface area contributed by atoms with Crippen molar-refractivity contribution in [2.24, 2.45) is 0 Å². The summed E-state index contributed by atoms with van der Waals surface area (Å²) in [7, 11) is 0. The Labute approximate surface area is 139 Å². The predicted molar refractivity (Wildman–Crippen MR) is 90.5 cm³/mol. The standard InChI is InChI=1S/C17H20N2O3S/c1-11-15(23-10-18-11)13-7-5-12(6-8-13)14(9-20)19-16(21)22-17(2,3)4/h5-10,14H,1-4H3,(H,19,21)/t14-/m0/s1. The van der Waals surface area contributed by atoms with E-state index in [9.17, 15) is 9.59 Å². The van der Waals surface area contributed by atoms with Crippen molar-refractivity contribution in [2.45, 2.75) is 39.3 Å². The maximum absolute atomic E-state index is 11.8. The van der Waals surface area contributed by atoms with Crippen molar-refractivity contribution in [3.63, 3.8) is 0 Å². The summed E-state index contributed by atoms with van der Waals surface area (Å²) in [6, 6.07) is 6.75. The molecule has 1 atom stereocenters. The first-order valence-corrected chi connectivity index (χ1v) is 8.13. The lowest BCUT2D eigenvalue weighted by Gasteiger charge is -2.21.